The van der Waals surface area contributed by atoms with Crippen LogP contribution in [0, 0.1) is 13.8 Å². The minimum Gasteiger partial charge on any atom is -0.478 e. The van der Waals surface area contributed by atoms with Gasteiger partial charge in [0.1, 0.15) is 5.78 Å². The van der Waals surface area contributed by atoms with Gasteiger partial charge < -0.3 is 14.6 Å². The van der Waals surface area contributed by atoms with Crippen LogP contribution in [0.2, 0.25) is 0 Å². The molecule has 0 saturated heterocycles. The minimum absolute atomic E-state index is 0. The molecule has 5 nitrogen and oxygen atoms in total. The van der Waals surface area contributed by atoms with Crippen LogP contribution in [0.1, 0.15) is 46.9 Å². The van der Waals surface area contributed by atoms with Crippen LogP contribution in [-0.2, 0) is 16.6 Å². The van der Waals surface area contributed by atoms with Crippen molar-refractivity contribution in [1.29, 1.82) is 0 Å². The van der Waals surface area contributed by atoms with Crippen LogP contribution in [0.3, 0.4) is 0 Å². The number of aryl methyl sites for hydroxylation is 1. The number of halogens is 2. The summed E-state index contributed by atoms with van der Waals surface area (Å²) < 4.78 is 35.8. The smallest absolute Gasteiger partial charge is 0.478 e. The molecule has 176 valence electrons. The molecule has 7 heteroatoms. The first-order valence-corrected chi connectivity index (χ1v) is 11.0. The molecule has 5 rings (SSSR count). The Bertz CT molecular complexity index is 1350. The molecular formula is C27H24F2O5. The SMILES string of the molecule is Cc1ccc(CC(=O)C2(c3ccc4c(c3)OC(F)(F)O4)CC2)cc1-c1cccc(C(=O)O)c1C.[HH]. The third-order valence-electron chi connectivity index (χ3n) is 6.76. The molecule has 0 atom stereocenters. The molecule has 1 heterocycles. The van der Waals surface area contributed by atoms with Crippen molar-refractivity contribution in [3.8, 4) is 22.6 Å². The molecule has 34 heavy (non-hydrogen) atoms. The lowest BCUT2D eigenvalue weighted by Crippen LogP contribution is -2.26. The minimum atomic E-state index is -3.70. The Morgan fingerprint density at radius 2 is 1.71 bits per heavy atom. The number of alkyl halides is 2. The summed E-state index contributed by atoms with van der Waals surface area (Å²) in [6.07, 6.45) is -2.24. The fourth-order valence-corrected chi connectivity index (χ4v) is 4.68. The monoisotopic (exact) mass is 466 g/mol. The molecule has 0 spiro atoms. The summed E-state index contributed by atoms with van der Waals surface area (Å²) >= 11 is 0. The first kappa shape index (κ1) is 22.1. The molecule has 3 aromatic carbocycles. The number of hydrogen-bond acceptors (Lipinski definition) is 4. The van der Waals surface area contributed by atoms with Gasteiger partial charge in [0.2, 0.25) is 0 Å². The third kappa shape index (κ3) is 3.71. The van der Waals surface area contributed by atoms with Crippen LogP contribution in [0.4, 0.5) is 8.78 Å². The normalized spacial score (nSPS) is 16.8. The van der Waals surface area contributed by atoms with Gasteiger partial charge in [0.05, 0.1) is 11.0 Å². The largest absolute Gasteiger partial charge is 0.586 e. The highest BCUT2D eigenvalue weighted by atomic mass is 19.3. The van der Waals surface area contributed by atoms with Crippen LogP contribution in [0.25, 0.3) is 11.1 Å². The summed E-state index contributed by atoms with van der Waals surface area (Å²) in [5.74, 6) is -1.09. The number of ketones is 1. The average molecular weight is 466 g/mol. The van der Waals surface area contributed by atoms with Gasteiger partial charge in [0.15, 0.2) is 11.5 Å². The van der Waals surface area contributed by atoms with Gasteiger partial charge in [-0.1, -0.05) is 36.4 Å². The van der Waals surface area contributed by atoms with Gasteiger partial charge in [0.25, 0.3) is 0 Å². The van der Waals surface area contributed by atoms with Gasteiger partial charge in [-0.15, -0.1) is 8.78 Å². The Morgan fingerprint density at radius 1 is 0.971 bits per heavy atom. The molecule has 0 amide bonds. The number of Topliss-reactive ketones (excluding diaryl/α,β-unsaturated/α-hetero) is 1. The highest BCUT2D eigenvalue weighted by Crippen LogP contribution is 2.52. The Labute approximate surface area is 196 Å². The highest BCUT2D eigenvalue weighted by Gasteiger charge is 2.52. The summed E-state index contributed by atoms with van der Waals surface area (Å²) in [6.45, 7) is 3.72. The number of carboxylic acids is 1. The summed E-state index contributed by atoms with van der Waals surface area (Å²) in [5.41, 5.74) is 4.30. The van der Waals surface area contributed by atoms with Crippen LogP contribution in [0.5, 0.6) is 11.5 Å². The van der Waals surface area contributed by atoms with Gasteiger partial charge in [-0.25, -0.2) is 4.79 Å². The molecule has 1 fully saturated rings. The maximum absolute atomic E-state index is 13.4. The van der Waals surface area contributed by atoms with Crippen molar-refractivity contribution in [2.24, 2.45) is 0 Å². The lowest BCUT2D eigenvalue weighted by atomic mass is 9.86. The second kappa shape index (κ2) is 7.65. The quantitative estimate of drug-likeness (QED) is 0.477. The molecule has 1 aliphatic carbocycles. The number of hydrogen-bond donors (Lipinski definition) is 1. The number of carboxylic acid groups (broad SMARTS) is 1. The van der Waals surface area contributed by atoms with E-state index in [1.165, 1.54) is 12.1 Å². The molecule has 1 aliphatic heterocycles. The van der Waals surface area contributed by atoms with Crippen molar-refractivity contribution < 1.29 is 34.4 Å². The van der Waals surface area contributed by atoms with Crippen LogP contribution >= 0.6 is 0 Å². The lowest BCUT2D eigenvalue weighted by Gasteiger charge is -2.17. The van der Waals surface area contributed by atoms with Crippen molar-refractivity contribution in [2.75, 3.05) is 0 Å². The Hall–Kier alpha value is -3.74. The van der Waals surface area contributed by atoms with Crippen LogP contribution in [-0.4, -0.2) is 23.2 Å². The van der Waals surface area contributed by atoms with E-state index < -0.39 is 17.7 Å². The van der Waals surface area contributed by atoms with E-state index in [0.717, 1.165) is 22.3 Å². The molecule has 1 saturated carbocycles. The van der Waals surface area contributed by atoms with E-state index in [4.69, 9.17) is 0 Å². The molecular weight excluding hydrogens is 442 g/mol. The van der Waals surface area contributed by atoms with Crippen molar-refractivity contribution in [3.05, 3.63) is 82.4 Å². The lowest BCUT2D eigenvalue weighted by molar-refractivity contribution is -0.286. The fraction of sp³-hybridized carbons (Fsp3) is 0.259. The molecule has 1 N–H and O–H groups in total. The van der Waals surface area contributed by atoms with Crippen LogP contribution in [0.15, 0.2) is 54.6 Å². The molecule has 0 bridgehead atoms. The van der Waals surface area contributed by atoms with E-state index in [0.29, 0.717) is 24.0 Å². The van der Waals surface area contributed by atoms with Crippen LogP contribution < -0.4 is 9.47 Å². The van der Waals surface area contributed by atoms with E-state index in [1.807, 2.05) is 31.2 Å². The average Bonchev–Trinajstić information content (AvgIpc) is 3.52. The third-order valence-corrected chi connectivity index (χ3v) is 6.76. The number of rotatable bonds is 6. The number of fused-ring (bicyclic) bond motifs is 1. The molecule has 2 aliphatic rings. The molecule has 3 aromatic rings. The first-order chi connectivity index (χ1) is 16.1. The second-order valence-electron chi connectivity index (χ2n) is 8.94. The fourth-order valence-electron chi connectivity index (χ4n) is 4.68. The van der Waals surface area contributed by atoms with Crippen molar-refractivity contribution in [3.63, 3.8) is 0 Å². The van der Waals surface area contributed by atoms with E-state index >= 15 is 0 Å². The van der Waals surface area contributed by atoms with Crippen molar-refractivity contribution in [1.82, 2.24) is 0 Å². The number of carbonyl (C=O) groups is 2. The Balaban J connectivity index is 0.00000289. The zero-order valence-electron chi connectivity index (χ0n) is 18.7. The summed E-state index contributed by atoms with van der Waals surface area (Å²) in [4.78, 5) is 24.9. The molecule has 0 radical (unpaired) electrons. The topological polar surface area (TPSA) is 72.8 Å². The van der Waals surface area contributed by atoms with Gasteiger partial charge in [0, 0.05) is 7.85 Å². The standard InChI is InChI=1S/C27H22F2O5.H2/c1-15-6-7-17(12-21(15)19-4-3-5-20(16(19)2)25(31)32)13-24(30)26(10-11-26)18-8-9-22-23(14-18)34-27(28,29)33-22;/h3-9,12,14H,10-11,13H2,1-2H3,(H,31,32);1H. The summed E-state index contributed by atoms with van der Waals surface area (Å²) in [5, 5.41) is 9.47. The Kier molecular flexibility index (Phi) is 4.97. The summed E-state index contributed by atoms with van der Waals surface area (Å²) in [6, 6.07) is 15.4. The number of benzene rings is 3. The van der Waals surface area contributed by atoms with Gasteiger partial charge in [-0.2, -0.15) is 0 Å². The molecule has 0 aromatic heterocycles. The maximum atomic E-state index is 13.4. The van der Waals surface area contributed by atoms with E-state index in [1.54, 1.807) is 25.1 Å². The van der Waals surface area contributed by atoms with E-state index in [9.17, 15) is 23.5 Å². The zero-order valence-corrected chi connectivity index (χ0v) is 18.7. The zero-order chi connectivity index (χ0) is 24.3. The maximum Gasteiger partial charge on any atom is 0.586 e. The number of aromatic carboxylic acids is 1. The van der Waals surface area contributed by atoms with Crippen molar-refractivity contribution >= 4 is 11.8 Å². The van der Waals surface area contributed by atoms with E-state index in [-0.39, 0.29) is 30.7 Å². The highest BCUT2D eigenvalue weighted by molar-refractivity contribution is 5.95. The first-order valence-electron chi connectivity index (χ1n) is 11.0. The second-order valence-corrected chi connectivity index (χ2v) is 8.94. The van der Waals surface area contributed by atoms with E-state index in [2.05, 4.69) is 9.47 Å². The molecule has 0 unspecified atom stereocenters. The van der Waals surface area contributed by atoms with Gasteiger partial charge >= 0.3 is 12.3 Å². The summed E-state index contributed by atoms with van der Waals surface area (Å²) in [7, 11) is 0. The van der Waals surface area contributed by atoms with Crippen molar-refractivity contribution in [2.45, 2.75) is 44.8 Å². The van der Waals surface area contributed by atoms with Gasteiger partial charge in [-0.05, 0) is 78.3 Å². The number of carbonyl (C=O) groups excluding carboxylic acids is 1. The number of ether oxygens (including phenoxy) is 2. The predicted molar refractivity (Wildman–Crippen MR) is 123 cm³/mol. The Morgan fingerprint density at radius 3 is 2.41 bits per heavy atom. The predicted octanol–water partition coefficient (Wildman–Crippen LogP) is 6.08. The van der Waals surface area contributed by atoms with Gasteiger partial charge in [-0.3, -0.25) is 4.79 Å².